The first kappa shape index (κ1) is 16.4. The largest absolute Gasteiger partial charge is 1.00 e. The van der Waals surface area contributed by atoms with Crippen LogP contribution in [0.5, 0.6) is 0 Å². The van der Waals surface area contributed by atoms with Crippen LogP contribution in [0.25, 0.3) is 11.0 Å². The van der Waals surface area contributed by atoms with E-state index in [0.717, 1.165) is 12.8 Å². The van der Waals surface area contributed by atoms with Gasteiger partial charge in [-0.05, 0) is 30.9 Å². The number of carbonyl (C=O) groups is 1. The minimum Gasteiger partial charge on any atom is -0.542 e. The standard InChI is InChI=1S/C14H15FN2O3.Na/c15-10-2-1-3-11-12(10)16-13(14(18)19)17(11)8-9-4-6-20-7-5-9;/h1-3,9H,4-8H2,(H,18,19);/q;+1/p-1. The van der Waals surface area contributed by atoms with Crippen LogP contribution in [0.1, 0.15) is 23.5 Å². The van der Waals surface area contributed by atoms with Crippen molar-refractivity contribution in [2.24, 2.45) is 5.92 Å². The molecule has 0 spiro atoms. The summed E-state index contributed by atoms with van der Waals surface area (Å²) in [7, 11) is 0. The van der Waals surface area contributed by atoms with Crippen molar-refractivity contribution in [3.8, 4) is 0 Å². The molecular weight excluding hydrogens is 286 g/mol. The molecule has 1 aliphatic rings. The van der Waals surface area contributed by atoms with Gasteiger partial charge in [0.05, 0.1) is 5.52 Å². The molecular formula is C14H14FN2NaO3. The minimum atomic E-state index is -1.38. The topological polar surface area (TPSA) is 67.2 Å². The smallest absolute Gasteiger partial charge is 0.542 e. The molecule has 5 nitrogen and oxygen atoms in total. The van der Waals surface area contributed by atoms with E-state index < -0.39 is 11.8 Å². The molecule has 1 aromatic heterocycles. The summed E-state index contributed by atoms with van der Waals surface area (Å²) in [5, 5.41) is 11.2. The second kappa shape index (κ2) is 6.87. The number of hydrogen-bond donors (Lipinski definition) is 0. The van der Waals surface area contributed by atoms with Crippen LogP contribution in [0.2, 0.25) is 0 Å². The van der Waals surface area contributed by atoms with Gasteiger partial charge in [0.15, 0.2) is 11.6 Å². The molecule has 0 aliphatic carbocycles. The maximum Gasteiger partial charge on any atom is 1.00 e. The molecule has 106 valence electrons. The molecule has 0 N–H and O–H groups in total. The Hall–Kier alpha value is -0.950. The van der Waals surface area contributed by atoms with Gasteiger partial charge in [0.2, 0.25) is 0 Å². The average molecular weight is 300 g/mol. The Kier molecular flexibility index (Phi) is 5.37. The Bertz CT molecular complexity index is 653. The van der Waals surface area contributed by atoms with E-state index in [2.05, 4.69) is 4.98 Å². The Morgan fingerprint density at radius 1 is 1.43 bits per heavy atom. The molecule has 1 fully saturated rings. The van der Waals surface area contributed by atoms with Crippen molar-refractivity contribution in [3.05, 3.63) is 29.8 Å². The fourth-order valence-electron chi connectivity index (χ4n) is 2.64. The van der Waals surface area contributed by atoms with Gasteiger partial charge < -0.3 is 19.2 Å². The first-order valence-electron chi connectivity index (χ1n) is 6.60. The van der Waals surface area contributed by atoms with E-state index in [1.807, 2.05) is 0 Å². The van der Waals surface area contributed by atoms with Gasteiger partial charge in [-0.3, -0.25) is 0 Å². The number of halogens is 1. The molecule has 1 aromatic carbocycles. The second-order valence-corrected chi connectivity index (χ2v) is 5.00. The van der Waals surface area contributed by atoms with Gasteiger partial charge in [0, 0.05) is 19.8 Å². The van der Waals surface area contributed by atoms with Crippen molar-refractivity contribution < 1.29 is 48.6 Å². The normalized spacial score (nSPS) is 15.9. The number of carboxylic acid groups (broad SMARTS) is 1. The van der Waals surface area contributed by atoms with Crippen LogP contribution < -0.4 is 34.7 Å². The fourth-order valence-corrected chi connectivity index (χ4v) is 2.64. The van der Waals surface area contributed by atoms with Crippen molar-refractivity contribution in [2.75, 3.05) is 13.2 Å². The number of benzene rings is 1. The van der Waals surface area contributed by atoms with Gasteiger partial charge in [-0.1, -0.05) is 6.07 Å². The zero-order valence-electron chi connectivity index (χ0n) is 11.8. The minimum absolute atomic E-state index is 0. The van der Waals surface area contributed by atoms with Crippen molar-refractivity contribution in [1.82, 2.24) is 9.55 Å². The predicted octanol–water partition coefficient (Wildman–Crippen LogP) is -2.03. The number of carbonyl (C=O) groups excluding carboxylic acids is 1. The van der Waals surface area contributed by atoms with Crippen molar-refractivity contribution >= 4 is 17.0 Å². The molecule has 0 saturated carbocycles. The number of fused-ring (bicyclic) bond motifs is 1. The van der Waals surface area contributed by atoms with E-state index in [-0.39, 0.29) is 40.9 Å². The van der Waals surface area contributed by atoms with Crippen LogP contribution >= 0.6 is 0 Å². The van der Waals surface area contributed by atoms with E-state index in [4.69, 9.17) is 4.74 Å². The molecule has 0 bridgehead atoms. The third kappa shape index (κ3) is 3.29. The number of aromatic nitrogens is 2. The molecule has 3 rings (SSSR count). The van der Waals surface area contributed by atoms with Crippen LogP contribution in [0.3, 0.4) is 0 Å². The molecule has 2 heterocycles. The Balaban J connectivity index is 0.00000161. The maximum atomic E-state index is 13.7. The van der Waals surface area contributed by atoms with Gasteiger partial charge in [-0.2, -0.15) is 0 Å². The van der Waals surface area contributed by atoms with Crippen LogP contribution in [0, 0.1) is 11.7 Å². The molecule has 0 radical (unpaired) electrons. The molecule has 21 heavy (non-hydrogen) atoms. The van der Waals surface area contributed by atoms with Crippen LogP contribution in [-0.4, -0.2) is 28.7 Å². The summed E-state index contributed by atoms with van der Waals surface area (Å²) in [6.45, 7) is 1.84. The summed E-state index contributed by atoms with van der Waals surface area (Å²) in [5.74, 6) is -1.80. The number of carboxylic acids is 1. The molecule has 0 amide bonds. The summed E-state index contributed by atoms with van der Waals surface area (Å²) in [4.78, 5) is 15.1. The molecule has 1 aliphatic heterocycles. The van der Waals surface area contributed by atoms with Gasteiger partial charge >= 0.3 is 29.6 Å². The second-order valence-electron chi connectivity index (χ2n) is 5.00. The molecule has 0 unspecified atom stereocenters. The molecule has 2 aromatic rings. The third-order valence-electron chi connectivity index (χ3n) is 3.69. The summed E-state index contributed by atoms with van der Waals surface area (Å²) >= 11 is 0. The summed E-state index contributed by atoms with van der Waals surface area (Å²) in [5.41, 5.74) is 0.578. The van der Waals surface area contributed by atoms with Crippen molar-refractivity contribution in [3.63, 3.8) is 0 Å². The molecule has 7 heteroatoms. The number of aromatic carboxylic acids is 1. The van der Waals surface area contributed by atoms with E-state index in [1.54, 1.807) is 16.7 Å². The maximum absolute atomic E-state index is 13.7. The quantitative estimate of drug-likeness (QED) is 0.613. The SMILES string of the molecule is O=C([O-])c1nc2c(F)cccc2n1CC1CCOCC1.[Na+]. The van der Waals surface area contributed by atoms with Crippen molar-refractivity contribution in [2.45, 2.75) is 19.4 Å². The first-order valence-corrected chi connectivity index (χ1v) is 6.60. The van der Waals surface area contributed by atoms with Crippen LogP contribution in [0.4, 0.5) is 4.39 Å². The number of nitrogens with zero attached hydrogens (tertiary/aromatic N) is 2. The zero-order valence-corrected chi connectivity index (χ0v) is 13.8. The Morgan fingerprint density at radius 2 is 2.14 bits per heavy atom. The molecule has 1 saturated heterocycles. The van der Waals surface area contributed by atoms with Gasteiger partial charge in [0.25, 0.3) is 0 Å². The Labute approximate surface area is 143 Å². The van der Waals surface area contributed by atoms with Gasteiger partial charge in [-0.25, -0.2) is 9.37 Å². The van der Waals surface area contributed by atoms with Crippen molar-refractivity contribution in [1.29, 1.82) is 0 Å². The van der Waals surface area contributed by atoms with Crippen LogP contribution in [0.15, 0.2) is 18.2 Å². The summed E-state index contributed by atoms with van der Waals surface area (Å²) in [6, 6.07) is 4.50. The van der Waals surface area contributed by atoms with Crippen LogP contribution in [-0.2, 0) is 11.3 Å². The predicted molar refractivity (Wildman–Crippen MR) is 67.6 cm³/mol. The van der Waals surface area contributed by atoms with E-state index in [9.17, 15) is 14.3 Å². The number of hydrogen-bond acceptors (Lipinski definition) is 4. The number of rotatable bonds is 3. The van der Waals surface area contributed by atoms with E-state index >= 15 is 0 Å². The monoisotopic (exact) mass is 300 g/mol. The number of imidazole rings is 1. The van der Waals surface area contributed by atoms with Gasteiger partial charge in [-0.15, -0.1) is 0 Å². The number of para-hydroxylation sites is 1. The summed E-state index contributed by atoms with van der Waals surface area (Å²) < 4.78 is 20.5. The first-order chi connectivity index (χ1) is 9.66. The molecule has 0 atom stereocenters. The van der Waals surface area contributed by atoms with Gasteiger partial charge in [0.1, 0.15) is 11.5 Å². The Morgan fingerprint density at radius 3 is 2.81 bits per heavy atom. The fraction of sp³-hybridized carbons (Fsp3) is 0.429. The third-order valence-corrected chi connectivity index (χ3v) is 3.69. The van der Waals surface area contributed by atoms with E-state index in [0.29, 0.717) is 31.2 Å². The average Bonchev–Trinajstić information content (AvgIpc) is 2.81. The zero-order chi connectivity index (χ0) is 14.1. The summed E-state index contributed by atoms with van der Waals surface area (Å²) in [6.07, 6.45) is 1.73. The van der Waals surface area contributed by atoms with E-state index in [1.165, 1.54) is 6.07 Å². The number of ether oxygens (including phenoxy) is 1.